The largest absolute Gasteiger partial charge is 0.303 e. The quantitative estimate of drug-likeness (QED) is 0.737. The Morgan fingerprint density at radius 1 is 1.04 bits per heavy atom. The zero-order valence-corrected chi connectivity index (χ0v) is 14.4. The number of aromatic nitrogens is 2. The Hall–Kier alpha value is -2.50. The number of nitrogens with zero attached hydrogens (tertiary/aromatic N) is 4. The van der Waals surface area contributed by atoms with Gasteiger partial charge in [-0.25, -0.2) is 4.68 Å². The van der Waals surface area contributed by atoms with E-state index >= 15 is 0 Å². The lowest BCUT2D eigenvalue weighted by Gasteiger charge is -2.40. The summed E-state index contributed by atoms with van der Waals surface area (Å²) in [6.45, 7) is 3.37. The summed E-state index contributed by atoms with van der Waals surface area (Å²) >= 11 is 0. The van der Waals surface area contributed by atoms with Crippen LogP contribution in [0.25, 0.3) is 10.8 Å². The molecule has 5 heteroatoms. The Balaban J connectivity index is 1.66. The molecule has 3 aromatic rings. The number of rotatable bonds is 3. The normalized spacial score (nSPS) is 19.3. The predicted molar refractivity (Wildman–Crippen MR) is 99.4 cm³/mol. The van der Waals surface area contributed by atoms with Gasteiger partial charge in [0, 0.05) is 31.1 Å². The minimum Gasteiger partial charge on any atom is -0.303 e. The molecule has 1 fully saturated rings. The zero-order valence-electron chi connectivity index (χ0n) is 14.4. The first kappa shape index (κ1) is 16.0. The predicted octanol–water partition coefficient (Wildman–Crippen LogP) is 2.34. The summed E-state index contributed by atoms with van der Waals surface area (Å²) in [5, 5.41) is 6.01. The molecule has 1 aromatic heterocycles. The maximum atomic E-state index is 12.8. The number of benzene rings is 2. The molecule has 0 N–H and O–H groups in total. The van der Waals surface area contributed by atoms with E-state index in [1.54, 1.807) is 10.9 Å². The Labute approximate surface area is 147 Å². The molecule has 1 atom stereocenters. The van der Waals surface area contributed by atoms with Crippen molar-refractivity contribution in [2.75, 3.05) is 26.7 Å². The van der Waals surface area contributed by atoms with Crippen molar-refractivity contribution in [3.8, 4) is 0 Å². The zero-order chi connectivity index (χ0) is 17.2. The first-order chi connectivity index (χ1) is 12.2. The smallest absolute Gasteiger partial charge is 0.275 e. The summed E-state index contributed by atoms with van der Waals surface area (Å²) in [7, 11) is 2.15. The molecule has 0 spiro atoms. The van der Waals surface area contributed by atoms with Gasteiger partial charge in [0.2, 0.25) is 0 Å². The van der Waals surface area contributed by atoms with Crippen LogP contribution in [-0.2, 0) is 6.67 Å². The van der Waals surface area contributed by atoms with E-state index in [0.29, 0.717) is 6.67 Å². The van der Waals surface area contributed by atoms with Crippen molar-refractivity contribution in [2.45, 2.75) is 12.7 Å². The molecule has 1 aliphatic heterocycles. The maximum absolute atomic E-state index is 12.8. The molecule has 2 aromatic carbocycles. The molecule has 25 heavy (non-hydrogen) atoms. The Kier molecular flexibility index (Phi) is 4.34. The lowest BCUT2D eigenvalue weighted by Crippen LogP contribution is -2.48. The molecule has 0 amide bonds. The highest BCUT2D eigenvalue weighted by molar-refractivity contribution is 5.80. The summed E-state index contributed by atoms with van der Waals surface area (Å²) in [5.41, 5.74) is 1.26. The Bertz CT molecular complexity index is 922. The molecule has 1 aliphatic rings. The Morgan fingerprint density at radius 2 is 1.80 bits per heavy atom. The average Bonchev–Trinajstić information content (AvgIpc) is 2.66. The Morgan fingerprint density at radius 3 is 2.64 bits per heavy atom. The van der Waals surface area contributed by atoms with Crippen LogP contribution in [0.15, 0.2) is 65.6 Å². The van der Waals surface area contributed by atoms with Gasteiger partial charge in [-0.3, -0.25) is 9.69 Å². The van der Waals surface area contributed by atoms with Gasteiger partial charge in [-0.1, -0.05) is 48.5 Å². The molecular weight excluding hydrogens is 312 g/mol. The van der Waals surface area contributed by atoms with Crippen molar-refractivity contribution < 1.29 is 0 Å². The minimum atomic E-state index is -0.0242. The minimum absolute atomic E-state index is 0.0242. The summed E-state index contributed by atoms with van der Waals surface area (Å²) in [4.78, 5) is 17.5. The number of likely N-dealkylation sites (N-methyl/N-ethyl adjacent to an activating group) is 1. The van der Waals surface area contributed by atoms with E-state index in [1.165, 1.54) is 5.56 Å². The van der Waals surface area contributed by atoms with Crippen molar-refractivity contribution >= 4 is 10.8 Å². The van der Waals surface area contributed by atoms with Gasteiger partial charge < -0.3 is 4.90 Å². The first-order valence-corrected chi connectivity index (χ1v) is 8.65. The van der Waals surface area contributed by atoms with Gasteiger partial charge in [-0.15, -0.1) is 0 Å². The summed E-state index contributed by atoms with van der Waals surface area (Å²) in [6, 6.07) is 18.4. The summed E-state index contributed by atoms with van der Waals surface area (Å²) in [5.74, 6) is 0. The molecule has 2 heterocycles. The van der Waals surface area contributed by atoms with Crippen LogP contribution in [0.2, 0.25) is 0 Å². The summed E-state index contributed by atoms with van der Waals surface area (Å²) < 4.78 is 1.59. The van der Waals surface area contributed by atoms with Crippen LogP contribution in [0.5, 0.6) is 0 Å². The van der Waals surface area contributed by atoms with Crippen molar-refractivity contribution in [3.05, 3.63) is 76.7 Å². The van der Waals surface area contributed by atoms with Crippen LogP contribution in [0.3, 0.4) is 0 Å². The van der Waals surface area contributed by atoms with Gasteiger partial charge in [-0.05, 0) is 18.7 Å². The number of hydrogen-bond donors (Lipinski definition) is 0. The maximum Gasteiger partial charge on any atom is 0.275 e. The standard InChI is InChI=1S/C20H22N4O/c1-22-11-12-23(19(14-22)16-7-3-2-4-8-16)15-24-20(25)18-10-6-5-9-17(18)13-21-24/h2-10,13,19H,11-12,14-15H2,1H3. The topological polar surface area (TPSA) is 41.4 Å². The van der Waals surface area contributed by atoms with Gasteiger partial charge in [0.15, 0.2) is 0 Å². The highest BCUT2D eigenvalue weighted by atomic mass is 16.1. The third-order valence-electron chi connectivity index (χ3n) is 4.96. The lowest BCUT2D eigenvalue weighted by molar-refractivity contribution is 0.0574. The molecule has 1 saturated heterocycles. The van der Waals surface area contributed by atoms with Crippen LogP contribution in [0, 0.1) is 0 Å². The fourth-order valence-corrected chi connectivity index (χ4v) is 3.52. The molecule has 0 radical (unpaired) electrons. The second-order valence-corrected chi connectivity index (χ2v) is 6.68. The summed E-state index contributed by atoms with van der Waals surface area (Å²) in [6.07, 6.45) is 1.78. The number of piperazine rings is 1. The van der Waals surface area contributed by atoms with Crippen LogP contribution >= 0.6 is 0 Å². The molecule has 0 saturated carbocycles. The lowest BCUT2D eigenvalue weighted by atomic mass is 10.0. The van der Waals surface area contributed by atoms with Gasteiger partial charge in [0.1, 0.15) is 0 Å². The molecule has 1 unspecified atom stereocenters. The monoisotopic (exact) mass is 334 g/mol. The van der Waals surface area contributed by atoms with E-state index in [4.69, 9.17) is 0 Å². The van der Waals surface area contributed by atoms with Crippen LogP contribution in [0.1, 0.15) is 11.6 Å². The van der Waals surface area contributed by atoms with Crippen molar-refractivity contribution in [2.24, 2.45) is 0 Å². The van der Waals surface area contributed by atoms with Crippen LogP contribution in [0.4, 0.5) is 0 Å². The number of hydrogen-bond acceptors (Lipinski definition) is 4. The SMILES string of the molecule is CN1CCN(Cn2ncc3ccccc3c2=O)C(c2ccccc2)C1. The van der Waals surface area contributed by atoms with Crippen LogP contribution < -0.4 is 5.56 Å². The van der Waals surface area contributed by atoms with Crippen molar-refractivity contribution in [1.82, 2.24) is 19.6 Å². The highest BCUT2D eigenvalue weighted by Crippen LogP contribution is 2.25. The van der Waals surface area contributed by atoms with Gasteiger partial charge >= 0.3 is 0 Å². The van der Waals surface area contributed by atoms with E-state index in [2.05, 4.69) is 46.2 Å². The van der Waals surface area contributed by atoms with Crippen molar-refractivity contribution in [1.29, 1.82) is 0 Å². The van der Waals surface area contributed by atoms with Crippen LogP contribution in [-0.4, -0.2) is 46.3 Å². The highest BCUT2D eigenvalue weighted by Gasteiger charge is 2.27. The van der Waals surface area contributed by atoms with E-state index in [9.17, 15) is 4.79 Å². The fraction of sp³-hybridized carbons (Fsp3) is 0.300. The molecule has 5 nitrogen and oxygen atoms in total. The third-order valence-corrected chi connectivity index (χ3v) is 4.96. The van der Waals surface area contributed by atoms with Gasteiger partial charge in [0.05, 0.1) is 18.3 Å². The fourth-order valence-electron chi connectivity index (χ4n) is 3.52. The first-order valence-electron chi connectivity index (χ1n) is 8.65. The van der Waals surface area contributed by atoms with E-state index < -0.39 is 0 Å². The second-order valence-electron chi connectivity index (χ2n) is 6.68. The average molecular weight is 334 g/mol. The molecule has 0 aliphatic carbocycles. The van der Waals surface area contributed by atoms with E-state index in [0.717, 1.165) is 30.4 Å². The van der Waals surface area contributed by atoms with E-state index in [-0.39, 0.29) is 11.6 Å². The molecule has 0 bridgehead atoms. The van der Waals surface area contributed by atoms with Gasteiger partial charge in [0.25, 0.3) is 5.56 Å². The molecular formula is C20H22N4O. The molecule has 128 valence electrons. The van der Waals surface area contributed by atoms with E-state index in [1.807, 2.05) is 30.3 Å². The molecule has 4 rings (SSSR count). The number of fused-ring (bicyclic) bond motifs is 1. The van der Waals surface area contributed by atoms with Crippen molar-refractivity contribution in [3.63, 3.8) is 0 Å². The van der Waals surface area contributed by atoms with Gasteiger partial charge in [-0.2, -0.15) is 5.10 Å². The second kappa shape index (κ2) is 6.78. The third kappa shape index (κ3) is 3.21.